The minimum atomic E-state index is -0.358. The van der Waals surface area contributed by atoms with Gasteiger partial charge < -0.3 is 15.7 Å². The van der Waals surface area contributed by atoms with Crippen molar-refractivity contribution in [1.29, 1.82) is 0 Å². The number of carbonyl (C=O) groups excluding carboxylic acids is 1. The first-order valence-corrected chi connectivity index (χ1v) is 7.02. The van der Waals surface area contributed by atoms with Crippen LogP contribution in [0.1, 0.15) is 11.1 Å². The average Bonchev–Trinajstić information content (AvgIpc) is 2.45. The minimum absolute atomic E-state index is 0.0434. The molecule has 0 unspecified atom stereocenters. The zero-order valence-corrected chi connectivity index (χ0v) is 12.4. The highest BCUT2D eigenvalue weighted by Gasteiger charge is 2.06. The van der Waals surface area contributed by atoms with Gasteiger partial charge in [0.1, 0.15) is 5.75 Å². The van der Waals surface area contributed by atoms with Gasteiger partial charge in [-0.3, -0.25) is 0 Å². The van der Waals surface area contributed by atoms with E-state index < -0.39 is 0 Å². The molecule has 3 N–H and O–H groups in total. The SMILES string of the molecule is Cc1ccc(O)c(NC(=O)NCCc2ccccc2Cl)c1. The summed E-state index contributed by atoms with van der Waals surface area (Å²) in [5, 5.41) is 15.7. The molecule has 0 saturated heterocycles. The molecule has 110 valence electrons. The number of hydrogen-bond acceptors (Lipinski definition) is 2. The number of amides is 2. The van der Waals surface area contributed by atoms with E-state index >= 15 is 0 Å². The van der Waals surface area contributed by atoms with E-state index in [9.17, 15) is 9.90 Å². The molecule has 0 heterocycles. The molecule has 2 rings (SSSR count). The lowest BCUT2D eigenvalue weighted by Gasteiger charge is -2.10. The smallest absolute Gasteiger partial charge is 0.319 e. The van der Waals surface area contributed by atoms with Gasteiger partial charge in [0.25, 0.3) is 0 Å². The molecule has 21 heavy (non-hydrogen) atoms. The van der Waals surface area contributed by atoms with Gasteiger partial charge in [-0.15, -0.1) is 0 Å². The summed E-state index contributed by atoms with van der Waals surface area (Å²) in [5.74, 6) is 0.0434. The second-order valence-electron chi connectivity index (χ2n) is 4.74. The topological polar surface area (TPSA) is 61.4 Å². The summed E-state index contributed by atoms with van der Waals surface area (Å²) in [5.41, 5.74) is 2.34. The Morgan fingerprint density at radius 2 is 2.00 bits per heavy atom. The summed E-state index contributed by atoms with van der Waals surface area (Å²) in [7, 11) is 0. The molecular formula is C16H17ClN2O2. The molecule has 0 aliphatic carbocycles. The molecule has 2 amide bonds. The van der Waals surface area contributed by atoms with E-state index in [0.717, 1.165) is 11.1 Å². The fraction of sp³-hybridized carbons (Fsp3) is 0.188. The zero-order valence-electron chi connectivity index (χ0n) is 11.7. The van der Waals surface area contributed by atoms with Crippen LogP contribution in [0.4, 0.5) is 10.5 Å². The molecule has 0 aliphatic heterocycles. The number of aromatic hydroxyl groups is 1. The number of benzene rings is 2. The van der Waals surface area contributed by atoms with Crippen LogP contribution in [-0.2, 0) is 6.42 Å². The molecule has 0 aliphatic rings. The second-order valence-corrected chi connectivity index (χ2v) is 5.15. The predicted molar refractivity (Wildman–Crippen MR) is 85.0 cm³/mol. The van der Waals surface area contributed by atoms with Crippen molar-refractivity contribution in [3.63, 3.8) is 0 Å². The number of phenols is 1. The maximum absolute atomic E-state index is 11.8. The summed E-state index contributed by atoms with van der Waals surface area (Å²) < 4.78 is 0. The number of carbonyl (C=O) groups is 1. The third kappa shape index (κ3) is 4.39. The first-order valence-electron chi connectivity index (χ1n) is 6.64. The lowest BCUT2D eigenvalue weighted by Crippen LogP contribution is -2.30. The number of anilines is 1. The number of urea groups is 1. The van der Waals surface area contributed by atoms with E-state index in [4.69, 9.17) is 11.6 Å². The van der Waals surface area contributed by atoms with Crippen molar-refractivity contribution < 1.29 is 9.90 Å². The fourth-order valence-electron chi connectivity index (χ4n) is 1.93. The quantitative estimate of drug-likeness (QED) is 0.754. The van der Waals surface area contributed by atoms with Crippen molar-refractivity contribution in [2.75, 3.05) is 11.9 Å². The summed E-state index contributed by atoms with van der Waals surface area (Å²) in [4.78, 5) is 11.8. The summed E-state index contributed by atoms with van der Waals surface area (Å²) in [6.07, 6.45) is 0.646. The van der Waals surface area contributed by atoms with Crippen molar-refractivity contribution in [2.24, 2.45) is 0 Å². The molecule has 0 atom stereocenters. The van der Waals surface area contributed by atoms with Crippen LogP contribution < -0.4 is 10.6 Å². The molecule has 0 saturated carbocycles. The first-order chi connectivity index (χ1) is 10.1. The number of halogens is 1. The highest BCUT2D eigenvalue weighted by molar-refractivity contribution is 6.31. The van der Waals surface area contributed by atoms with E-state index in [2.05, 4.69) is 10.6 Å². The van der Waals surface area contributed by atoms with Gasteiger partial charge in [0.2, 0.25) is 0 Å². The van der Waals surface area contributed by atoms with Crippen LogP contribution in [0.5, 0.6) is 5.75 Å². The zero-order chi connectivity index (χ0) is 15.2. The number of phenolic OH excluding ortho intramolecular Hbond substituents is 1. The number of rotatable bonds is 4. The highest BCUT2D eigenvalue weighted by atomic mass is 35.5. The van der Waals surface area contributed by atoms with Crippen molar-refractivity contribution in [2.45, 2.75) is 13.3 Å². The Hall–Kier alpha value is -2.20. The summed E-state index contributed by atoms with van der Waals surface area (Å²) in [6, 6.07) is 12.2. The van der Waals surface area contributed by atoms with Crippen molar-refractivity contribution >= 4 is 23.3 Å². The van der Waals surface area contributed by atoms with Crippen LogP contribution in [0.3, 0.4) is 0 Å². The average molecular weight is 305 g/mol. The molecular weight excluding hydrogens is 288 g/mol. The van der Waals surface area contributed by atoms with E-state index in [-0.39, 0.29) is 11.8 Å². The van der Waals surface area contributed by atoms with Crippen LogP contribution in [0.2, 0.25) is 5.02 Å². The van der Waals surface area contributed by atoms with Crippen LogP contribution in [-0.4, -0.2) is 17.7 Å². The molecule has 2 aromatic rings. The van der Waals surface area contributed by atoms with E-state index in [1.54, 1.807) is 18.2 Å². The van der Waals surface area contributed by atoms with Gasteiger partial charge in [0.05, 0.1) is 5.69 Å². The monoisotopic (exact) mass is 304 g/mol. The van der Waals surface area contributed by atoms with Gasteiger partial charge in [-0.25, -0.2) is 4.79 Å². The molecule has 0 radical (unpaired) electrons. The largest absolute Gasteiger partial charge is 0.506 e. The molecule has 2 aromatic carbocycles. The van der Waals surface area contributed by atoms with Crippen molar-refractivity contribution in [1.82, 2.24) is 5.32 Å². The summed E-state index contributed by atoms with van der Waals surface area (Å²) in [6.45, 7) is 2.35. The van der Waals surface area contributed by atoms with Gasteiger partial charge >= 0.3 is 6.03 Å². The Balaban J connectivity index is 1.85. The molecule has 0 fully saturated rings. The van der Waals surface area contributed by atoms with Gasteiger partial charge in [-0.1, -0.05) is 35.9 Å². The molecule has 5 heteroatoms. The van der Waals surface area contributed by atoms with Crippen LogP contribution in [0.15, 0.2) is 42.5 Å². The van der Waals surface area contributed by atoms with E-state index in [0.29, 0.717) is 23.7 Å². The van der Waals surface area contributed by atoms with Crippen LogP contribution in [0.25, 0.3) is 0 Å². The Morgan fingerprint density at radius 1 is 1.24 bits per heavy atom. The number of aryl methyl sites for hydroxylation is 1. The molecule has 0 aromatic heterocycles. The van der Waals surface area contributed by atoms with Gasteiger partial charge in [-0.2, -0.15) is 0 Å². The Labute approximate surface area is 128 Å². The van der Waals surface area contributed by atoms with Crippen LogP contribution >= 0.6 is 11.6 Å². The Kier molecular flexibility index (Phi) is 5.06. The highest BCUT2D eigenvalue weighted by Crippen LogP contribution is 2.23. The van der Waals surface area contributed by atoms with E-state index in [1.165, 1.54) is 0 Å². The molecule has 0 spiro atoms. The van der Waals surface area contributed by atoms with Crippen molar-refractivity contribution in [3.8, 4) is 5.75 Å². The lowest BCUT2D eigenvalue weighted by molar-refractivity contribution is 0.252. The lowest BCUT2D eigenvalue weighted by atomic mass is 10.1. The second kappa shape index (κ2) is 6.99. The Morgan fingerprint density at radius 3 is 2.76 bits per heavy atom. The van der Waals surface area contributed by atoms with Gasteiger partial charge in [-0.05, 0) is 42.7 Å². The summed E-state index contributed by atoms with van der Waals surface area (Å²) >= 11 is 6.05. The third-order valence-corrected chi connectivity index (χ3v) is 3.41. The van der Waals surface area contributed by atoms with Crippen molar-refractivity contribution in [3.05, 3.63) is 58.6 Å². The third-order valence-electron chi connectivity index (χ3n) is 3.04. The standard InChI is InChI=1S/C16H17ClN2O2/c1-11-6-7-15(20)14(10-11)19-16(21)18-9-8-12-4-2-3-5-13(12)17/h2-7,10,20H,8-9H2,1H3,(H2,18,19,21). The maximum Gasteiger partial charge on any atom is 0.319 e. The van der Waals surface area contributed by atoms with Gasteiger partial charge in [0.15, 0.2) is 0 Å². The number of nitrogens with one attached hydrogen (secondary N) is 2. The number of hydrogen-bond donors (Lipinski definition) is 3. The van der Waals surface area contributed by atoms with E-state index in [1.807, 2.05) is 31.2 Å². The molecule has 0 bridgehead atoms. The predicted octanol–water partition coefficient (Wildman–Crippen LogP) is 3.72. The Bertz CT molecular complexity index is 644. The maximum atomic E-state index is 11.8. The van der Waals surface area contributed by atoms with Crippen LogP contribution in [0, 0.1) is 6.92 Å². The first kappa shape index (κ1) is 15.2. The molecule has 4 nitrogen and oxygen atoms in total. The van der Waals surface area contributed by atoms with Gasteiger partial charge in [0, 0.05) is 11.6 Å². The minimum Gasteiger partial charge on any atom is -0.506 e. The fourth-order valence-corrected chi connectivity index (χ4v) is 2.16. The normalized spacial score (nSPS) is 10.2.